The molecule has 0 N–H and O–H groups in total. The lowest BCUT2D eigenvalue weighted by molar-refractivity contribution is -0.168. The van der Waals surface area contributed by atoms with Crippen molar-refractivity contribution in [3.63, 3.8) is 0 Å². The second-order valence-corrected chi connectivity index (χ2v) is 9.33. The van der Waals surface area contributed by atoms with Crippen LogP contribution in [0.15, 0.2) is 30.6 Å². The molecule has 0 spiro atoms. The van der Waals surface area contributed by atoms with Gasteiger partial charge in [0.2, 0.25) is 0 Å². The van der Waals surface area contributed by atoms with Crippen molar-refractivity contribution in [3.05, 3.63) is 42.0 Å². The Morgan fingerprint density at radius 1 is 1.31 bits per heavy atom. The van der Waals surface area contributed by atoms with Gasteiger partial charge in [-0.15, -0.1) is 0 Å². The van der Waals surface area contributed by atoms with E-state index in [1.54, 1.807) is 18.5 Å². The van der Waals surface area contributed by atoms with Crippen LogP contribution < -0.4 is 4.90 Å². The average Bonchev–Trinajstić information content (AvgIpc) is 3.39. The van der Waals surface area contributed by atoms with Crippen LogP contribution >= 0.6 is 0 Å². The normalized spacial score (nSPS) is 21.7. The van der Waals surface area contributed by atoms with Crippen molar-refractivity contribution in [1.82, 2.24) is 9.78 Å². The Bertz CT molecular complexity index is 1070. The van der Waals surface area contributed by atoms with Crippen LogP contribution in [0, 0.1) is 5.82 Å². The molecule has 32 heavy (non-hydrogen) atoms. The highest BCUT2D eigenvalue weighted by Gasteiger charge is 2.35. The maximum Gasteiger partial charge on any atom is 0.414 e. The molecule has 2 aliphatic heterocycles. The molecule has 0 bridgehead atoms. The minimum Gasteiger partial charge on any atom is -0.443 e. The van der Waals surface area contributed by atoms with Crippen LogP contribution in [0.3, 0.4) is 0 Å². The number of hydrogen-bond donors (Lipinski definition) is 0. The summed E-state index contributed by atoms with van der Waals surface area (Å²) in [6.07, 6.45) is 4.32. The molecule has 1 aromatic carbocycles. The van der Waals surface area contributed by atoms with Crippen molar-refractivity contribution in [1.29, 1.82) is 0 Å². The van der Waals surface area contributed by atoms with Crippen LogP contribution in [0.4, 0.5) is 14.9 Å². The van der Waals surface area contributed by atoms with Crippen LogP contribution in [-0.4, -0.2) is 62.7 Å². The van der Waals surface area contributed by atoms with Gasteiger partial charge in [-0.1, -0.05) is 0 Å². The van der Waals surface area contributed by atoms with Gasteiger partial charge < -0.3 is 14.2 Å². The van der Waals surface area contributed by atoms with Gasteiger partial charge in [-0.25, -0.2) is 13.9 Å². The first kappa shape index (κ1) is 22.6. The van der Waals surface area contributed by atoms with Gasteiger partial charge >= 0.3 is 6.09 Å². The zero-order valence-corrected chi connectivity index (χ0v) is 18.3. The number of hydrogen-bond acceptors (Lipinski definition) is 8. The number of nitrogens with zero attached hydrogens (tertiary/aromatic N) is 3. The number of halogens is 1. The maximum atomic E-state index is 14.8. The van der Waals surface area contributed by atoms with E-state index in [0.29, 0.717) is 13.2 Å². The number of carbonyl (C=O) groups is 1. The highest BCUT2D eigenvalue weighted by Crippen LogP contribution is 2.26. The van der Waals surface area contributed by atoms with E-state index in [0.717, 1.165) is 31.9 Å². The van der Waals surface area contributed by atoms with Crippen LogP contribution in [0.5, 0.6) is 0 Å². The topological polar surface area (TPSA) is 109 Å². The van der Waals surface area contributed by atoms with Crippen molar-refractivity contribution < 1.29 is 36.0 Å². The van der Waals surface area contributed by atoms with E-state index in [4.69, 9.17) is 14.2 Å². The molecule has 0 radical (unpaired) electrons. The Kier molecular flexibility index (Phi) is 6.74. The fraction of sp³-hybridized carbons (Fsp3) is 0.500. The van der Waals surface area contributed by atoms with Crippen LogP contribution in [0.2, 0.25) is 0 Å². The van der Waals surface area contributed by atoms with Crippen molar-refractivity contribution in [2.75, 3.05) is 30.9 Å². The van der Waals surface area contributed by atoms with E-state index in [9.17, 15) is 17.6 Å². The molecule has 0 aliphatic carbocycles. The van der Waals surface area contributed by atoms with Crippen molar-refractivity contribution in [3.8, 4) is 5.69 Å². The number of carbonyl (C=O) groups excluding carboxylic acids is 1. The summed E-state index contributed by atoms with van der Waals surface area (Å²) >= 11 is 0. The number of ether oxygens (including phenoxy) is 3. The zero-order valence-electron chi connectivity index (χ0n) is 17.5. The molecular formula is C20H24FN3O7S. The smallest absolute Gasteiger partial charge is 0.414 e. The second kappa shape index (κ2) is 9.53. The quantitative estimate of drug-likeness (QED) is 0.542. The second-order valence-electron chi connectivity index (χ2n) is 7.54. The number of aromatic nitrogens is 2. The Balaban J connectivity index is 1.41. The van der Waals surface area contributed by atoms with E-state index >= 15 is 0 Å². The number of anilines is 1. The summed E-state index contributed by atoms with van der Waals surface area (Å²) < 4.78 is 60.1. The van der Waals surface area contributed by atoms with Gasteiger partial charge in [-0.2, -0.15) is 13.5 Å². The molecule has 174 valence electrons. The first-order valence-corrected chi connectivity index (χ1v) is 11.8. The number of benzene rings is 1. The summed E-state index contributed by atoms with van der Waals surface area (Å²) in [4.78, 5) is 13.3. The maximum absolute atomic E-state index is 14.8. The van der Waals surface area contributed by atoms with Gasteiger partial charge in [0.15, 0.2) is 12.1 Å². The third-order valence-electron chi connectivity index (χ3n) is 5.22. The lowest BCUT2D eigenvalue weighted by Crippen LogP contribution is -2.28. The monoisotopic (exact) mass is 469 g/mol. The predicted molar refractivity (Wildman–Crippen MR) is 110 cm³/mol. The zero-order chi connectivity index (χ0) is 22.7. The standard InChI is InChI=1S/C20H24FN3O7S/c1-28-32(26,27)13-16-11-23(20(25)31-16)15-5-6-18(17(21)8-15)24-10-14(9-22-24)12-30-19-4-2-3-7-29-19/h5-6,8-10,16,19H,2-4,7,11-13H2,1H3/t16-,19?/m1/s1. The molecular weight excluding hydrogens is 445 g/mol. The van der Waals surface area contributed by atoms with Gasteiger partial charge in [-0.3, -0.25) is 9.08 Å². The molecule has 1 unspecified atom stereocenters. The molecule has 10 nitrogen and oxygen atoms in total. The molecule has 2 aromatic rings. The van der Waals surface area contributed by atoms with Crippen molar-refractivity contribution in [2.24, 2.45) is 0 Å². The highest BCUT2D eigenvalue weighted by atomic mass is 32.2. The number of cyclic esters (lactones) is 1. The predicted octanol–water partition coefficient (Wildman–Crippen LogP) is 2.36. The third-order valence-corrected chi connectivity index (χ3v) is 6.51. The van der Waals surface area contributed by atoms with E-state index in [-0.39, 0.29) is 24.2 Å². The van der Waals surface area contributed by atoms with Gasteiger partial charge in [0.25, 0.3) is 10.1 Å². The summed E-state index contributed by atoms with van der Waals surface area (Å²) in [5, 5.41) is 4.18. The summed E-state index contributed by atoms with van der Waals surface area (Å²) in [6, 6.07) is 4.21. The Hall–Kier alpha value is -2.54. The lowest BCUT2D eigenvalue weighted by Gasteiger charge is -2.22. The Labute approximate surface area is 184 Å². The molecule has 1 amide bonds. The van der Waals surface area contributed by atoms with Gasteiger partial charge in [-0.05, 0) is 37.5 Å². The first-order chi connectivity index (χ1) is 15.3. The molecule has 4 rings (SSSR count). The van der Waals surface area contributed by atoms with Gasteiger partial charge in [0.1, 0.15) is 17.5 Å². The van der Waals surface area contributed by atoms with Gasteiger partial charge in [0.05, 0.1) is 32.1 Å². The molecule has 2 fully saturated rings. The van der Waals surface area contributed by atoms with Crippen molar-refractivity contribution in [2.45, 2.75) is 38.3 Å². The van der Waals surface area contributed by atoms with E-state index in [1.165, 1.54) is 21.7 Å². The fourth-order valence-electron chi connectivity index (χ4n) is 3.56. The largest absolute Gasteiger partial charge is 0.443 e. The lowest BCUT2D eigenvalue weighted by atomic mass is 10.2. The first-order valence-electron chi connectivity index (χ1n) is 10.2. The summed E-state index contributed by atoms with van der Waals surface area (Å²) in [5.41, 5.74) is 1.21. The van der Waals surface area contributed by atoms with Crippen LogP contribution in [-0.2, 0) is 35.1 Å². The van der Waals surface area contributed by atoms with E-state index in [2.05, 4.69) is 9.28 Å². The minimum atomic E-state index is -3.80. The molecule has 2 aliphatic rings. The Morgan fingerprint density at radius 3 is 2.88 bits per heavy atom. The molecule has 2 atom stereocenters. The molecule has 1 aromatic heterocycles. The number of amides is 1. The van der Waals surface area contributed by atoms with Gasteiger partial charge in [0, 0.05) is 18.4 Å². The third kappa shape index (κ3) is 5.26. The fourth-order valence-corrected chi connectivity index (χ4v) is 4.33. The minimum absolute atomic E-state index is 0.0350. The van der Waals surface area contributed by atoms with E-state index in [1.807, 2.05) is 0 Å². The Morgan fingerprint density at radius 2 is 2.16 bits per heavy atom. The van der Waals surface area contributed by atoms with Crippen LogP contribution in [0.1, 0.15) is 24.8 Å². The molecule has 0 saturated carbocycles. The summed E-state index contributed by atoms with van der Waals surface area (Å²) in [5.74, 6) is -1.08. The SMILES string of the molecule is COS(=O)(=O)C[C@H]1CN(c2ccc(-n3cc(COC4CCCCO4)cn3)c(F)c2)C(=O)O1. The average molecular weight is 469 g/mol. The molecule has 2 saturated heterocycles. The molecule has 12 heteroatoms. The van der Waals surface area contributed by atoms with Crippen LogP contribution in [0.25, 0.3) is 5.69 Å². The van der Waals surface area contributed by atoms with E-state index < -0.39 is 33.9 Å². The number of rotatable bonds is 8. The van der Waals surface area contributed by atoms with Crippen molar-refractivity contribution >= 4 is 21.9 Å². The molecule has 3 heterocycles. The highest BCUT2D eigenvalue weighted by molar-refractivity contribution is 7.86. The summed E-state index contributed by atoms with van der Waals surface area (Å²) in [7, 11) is -2.76. The summed E-state index contributed by atoms with van der Waals surface area (Å²) in [6.45, 7) is 0.956.